The lowest BCUT2D eigenvalue weighted by molar-refractivity contribution is -0.692. The van der Waals surface area contributed by atoms with Crippen molar-refractivity contribution in [1.82, 2.24) is 0 Å². The van der Waals surface area contributed by atoms with Gasteiger partial charge in [0.25, 0.3) is 5.91 Å². The monoisotopic (exact) mass is 380 g/mol. The second kappa shape index (κ2) is 9.02. The van der Waals surface area contributed by atoms with Crippen molar-refractivity contribution >= 4 is 23.2 Å². The van der Waals surface area contributed by atoms with Crippen molar-refractivity contribution < 1.29 is 14.9 Å². The number of hydrogen-bond acceptors (Lipinski definition) is 2. The molecule has 1 aliphatic heterocycles. The zero-order valence-corrected chi connectivity index (χ0v) is 16.9. The van der Waals surface area contributed by atoms with Gasteiger partial charge >= 0.3 is 0 Å². The molecule has 0 fully saturated rings. The summed E-state index contributed by atoms with van der Waals surface area (Å²) in [5, 5.41) is 4.92. The van der Waals surface area contributed by atoms with Crippen LogP contribution in [0.15, 0.2) is 48.5 Å². The number of nitrogens with zero attached hydrogens (tertiary/aromatic N) is 1. The highest BCUT2D eigenvalue weighted by Crippen LogP contribution is 2.28. The minimum Gasteiger partial charge on any atom is -0.332 e. The normalized spacial score (nSPS) is 14.6. The largest absolute Gasteiger partial charge is 0.332 e. The number of hydrogen-bond donors (Lipinski definition) is 2. The molecule has 1 atom stereocenters. The van der Waals surface area contributed by atoms with E-state index in [1.807, 2.05) is 24.3 Å². The van der Waals surface area contributed by atoms with Crippen LogP contribution in [0.3, 0.4) is 0 Å². The number of carbonyl (C=O) groups is 2. The lowest BCUT2D eigenvalue weighted by Gasteiger charge is -2.29. The van der Waals surface area contributed by atoms with E-state index in [1.165, 1.54) is 11.1 Å². The first-order valence-electron chi connectivity index (χ1n) is 10.1. The summed E-state index contributed by atoms with van der Waals surface area (Å²) in [5.74, 6) is 0.191. The molecule has 3 rings (SSSR count). The van der Waals surface area contributed by atoms with E-state index in [9.17, 15) is 9.59 Å². The Kier molecular flexibility index (Phi) is 6.47. The highest BCUT2D eigenvalue weighted by molar-refractivity contribution is 6.10. The van der Waals surface area contributed by atoms with Gasteiger partial charge in [-0.2, -0.15) is 0 Å². The third kappa shape index (κ3) is 4.60. The summed E-state index contributed by atoms with van der Waals surface area (Å²) in [6.45, 7) is 6.91. The van der Waals surface area contributed by atoms with Gasteiger partial charge < -0.3 is 10.6 Å². The molecule has 0 aliphatic carbocycles. The average molecular weight is 381 g/mol. The van der Waals surface area contributed by atoms with Gasteiger partial charge in [0, 0.05) is 11.5 Å². The first-order chi connectivity index (χ1) is 13.5. The molecular weight excluding hydrogens is 350 g/mol. The standard InChI is InChI=1S/C23H29N3O2/c1-4-7-17-10-12-18(13-11-17)23(16(2)3)24-14-22(28)26-15-21(27)25-19-8-5-6-9-20(19)26/h5-6,8-13,16,23-24H,4,7,14-15H2,1-3H3,(H,25,27)/p+1/t23-/m0/s1. The molecule has 0 saturated heterocycles. The van der Waals surface area contributed by atoms with Crippen molar-refractivity contribution in [3.8, 4) is 0 Å². The van der Waals surface area contributed by atoms with Crippen molar-refractivity contribution in [1.29, 1.82) is 0 Å². The van der Waals surface area contributed by atoms with E-state index in [0.29, 0.717) is 18.2 Å². The molecule has 0 bridgehead atoms. The molecule has 2 aromatic carbocycles. The molecule has 0 saturated carbocycles. The summed E-state index contributed by atoms with van der Waals surface area (Å²) in [6, 6.07) is 16.4. The summed E-state index contributed by atoms with van der Waals surface area (Å²) in [5.41, 5.74) is 4.05. The summed E-state index contributed by atoms with van der Waals surface area (Å²) in [7, 11) is 0. The van der Waals surface area contributed by atoms with Gasteiger partial charge in [-0.25, -0.2) is 0 Å². The number of benzene rings is 2. The fourth-order valence-corrected chi connectivity index (χ4v) is 3.78. The van der Waals surface area contributed by atoms with Crippen molar-refractivity contribution in [2.45, 2.75) is 39.7 Å². The molecule has 0 radical (unpaired) electrons. The maximum atomic E-state index is 12.9. The van der Waals surface area contributed by atoms with Crippen LogP contribution in [0.2, 0.25) is 0 Å². The third-order valence-electron chi connectivity index (χ3n) is 5.24. The van der Waals surface area contributed by atoms with Gasteiger partial charge in [0.2, 0.25) is 5.91 Å². The van der Waals surface area contributed by atoms with Crippen LogP contribution in [0.1, 0.15) is 44.4 Å². The van der Waals surface area contributed by atoms with Crippen LogP contribution in [0.4, 0.5) is 11.4 Å². The minimum absolute atomic E-state index is 0.0458. The Morgan fingerprint density at radius 2 is 1.86 bits per heavy atom. The number of carbonyl (C=O) groups excluding carboxylic acids is 2. The molecule has 3 N–H and O–H groups in total. The van der Waals surface area contributed by atoms with E-state index >= 15 is 0 Å². The Bertz CT molecular complexity index is 830. The van der Waals surface area contributed by atoms with E-state index in [4.69, 9.17) is 0 Å². The summed E-state index contributed by atoms with van der Waals surface area (Å²) < 4.78 is 0. The van der Waals surface area contributed by atoms with Gasteiger partial charge in [-0.15, -0.1) is 0 Å². The SMILES string of the molecule is CCCc1ccc([C@@H]([NH2+]CC(=O)N2CC(=O)Nc3ccccc32)C(C)C)cc1. The molecule has 0 unspecified atom stereocenters. The van der Waals surface area contributed by atoms with E-state index in [0.717, 1.165) is 18.5 Å². The van der Waals surface area contributed by atoms with Crippen molar-refractivity contribution in [2.75, 3.05) is 23.3 Å². The van der Waals surface area contributed by atoms with Gasteiger partial charge in [-0.1, -0.05) is 63.6 Å². The molecule has 1 heterocycles. The predicted molar refractivity (Wildman–Crippen MR) is 112 cm³/mol. The van der Waals surface area contributed by atoms with E-state index in [2.05, 4.69) is 55.7 Å². The number of rotatable bonds is 7. The molecule has 28 heavy (non-hydrogen) atoms. The Balaban J connectivity index is 1.70. The van der Waals surface area contributed by atoms with Crippen LogP contribution in [0.5, 0.6) is 0 Å². The van der Waals surface area contributed by atoms with Crippen LogP contribution in [0.25, 0.3) is 0 Å². The third-order valence-corrected chi connectivity index (χ3v) is 5.24. The van der Waals surface area contributed by atoms with Crippen molar-refractivity contribution in [3.05, 3.63) is 59.7 Å². The molecule has 148 valence electrons. The first-order valence-corrected chi connectivity index (χ1v) is 10.1. The Morgan fingerprint density at radius 1 is 1.14 bits per heavy atom. The van der Waals surface area contributed by atoms with Crippen LogP contribution in [-0.4, -0.2) is 24.9 Å². The molecule has 1 aliphatic rings. The van der Waals surface area contributed by atoms with E-state index in [-0.39, 0.29) is 24.4 Å². The smallest absolute Gasteiger partial charge is 0.282 e. The number of para-hydroxylation sites is 2. The lowest BCUT2D eigenvalue weighted by Crippen LogP contribution is -2.88. The van der Waals surface area contributed by atoms with Gasteiger partial charge in [0.1, 0.15) is 12.6 Å². The van der Waals surface area contributed by atoms with Gasteiger partial charge in [0.15, 0.2) is 6.54 Å². The summed E-state index contributed by atoms with van der Waals surface area (Å²) >= 11 is 0. The van der Waals surface area contributed by atoms with Crippen LogP contribution in [0, 0.1) is 5.92 Å². The van der Waals surface area contributed by atoms with Crippen LogP contribution < -0.4 is 15.5 Å². The fourth-order valence-electron chi connectivity index (χ4n) is 3.78. The number of nitrogens with two attached hydrogens (primary N) is 1. The molecule has 0 aromatic heterocycles. The highest BCUT2D eigenvalue weighted by Gasteiger charge is 2.29. The fraction of sp³-hybridized carbons (Fsp3) is 0.391. The molecule has 5 nitrogen and oxygen atoms in total. The van der Waals surface area contributed by atoms with Gasteiger partial charge in [-0.3, -0.25) is 14.5 Å². The predicted octanol–water partition coefficient (Wildman–Crippen LogP) is 2.88. The van der Waals surface area contributed by atoms with Crippen LogP contribution in [-0.2, 0) is 16.0 Å². The van der Waals surface area contributed by atoms with E-state index in [1.54, 1.807) is 4.90 Å². The maximum Gasteiger partial charge on any atom is 0.282 e. The maximum absolute atomic E-state index is 12.9. The number of fused-ring (bicyclic) bond motifs is 1. The van der Waals surface area contributed by atoms with E-state index < -0.39 is 0 Å². The summed E-state index contributed by atoms with van der Waals surface area (Å²) in [6.07, 6.45) is 2.23. The number of nitrogens with one attached hydrogen (secondary N) is 1. The first kappa shape index (κ1) is 20.1. The average Bonchev–Trinajstić information content (AvgIpc) is 2.68. The van der Waals surface area contributed by atoms with Gasteiger partial charge in [-0.05, 0) is 24.1 Å². The second-order valence-electron chi connectivity index (χ2n) is 7.75. The Morgan fingerprint density at radius 3 is 2.54 bits per heavy atom. The highest BCUT2D eigenvalue weighted by atomic mass is 16.2. The molecule has 5 heteroatoms. The lowest BCUT2D eigenvalue weighted by atomic mass is 9.94. The van der Waals surface area contributed by atoms with Crippen LogP contribution >= 0.6 is 0 Å². The molecule has 2 aromatic rings. The summed E-state index contributed by atoms with van der Waals surface area (Å²) in [4.78, 5) is 26.5. The molecule has 0 spiro atoms. The van der Waals surface area contributed by atoms with Crippen molar-refractivity contribution in [2.24, 2.45) is 5.92 Å². The zero-order chi connectivity index (χ0) is 20.1. The topological polar surface area (TPSA) is 66.0 Å². The number of aryl methyl sites for hydroxylation is 1. The number of anilines is 2. The molecule has 2 amide bonds. The van der Waals surface area contributed by atoms with Gasteiger partial charge in [0.05, 0.1) is 11.4 Å². The Labute approximate surface area is 167 Å². The zero-order valence-electron chi connectivity index (χ0n) is 16.9. The molecular formula is C23H30N3O2+. The Hall–Kier alpha value is -2.66. The number of quaternary nitrogens is 1. The quantitative estimate of drug-likeness (QED) is 0.776. The number of amides is 2. The second-order valence-corrected chi connectivity index (χ2v) is 7.75. The minimum atomic E-state index is -0.154. The van der Waals surface area contributed by atoms with Crippen molar-refractivity contribution in [3.63, 3.8) is 0 Å².